The minimum Gasteiger partial charge on any atom is -0.480 e. The summed E-state index contributed by atoms with van der Waals surface area (Å²) in [4.78, 5) is 15.1. The first-order valence-electron chi connectivity index (χ1n) is 6.11. The number of nitrogens with two attached hydrogens (primary N) is 1. The lowest BCUT2D eigenvalue weighted by Gasteiger charge is -2.27. The predicted molar refractivity (Wildman–Crippen MR) is 76.2 cm³/mol. The monoisotopic (exact) mass is 286 g/mol. The van der Waals surface area contributed by atoms with Gasteiger partial charge in [0.2, 0.25) is 5.89 Å². The third kappa shape index (κ3) is 4.24. The molecule has 1 aromatic heterocycles. The molecule has 1 aromatic rings. The van der Waals surface area contributed by atoms with E-state index in [2.05, 4.69) is 25.8 Å². The molecule has 1 heterocycles. The van der Waals surface area contributed by atoms with E-state index in [1.807, 2.05) is 13.8 Å². The fourth-order valence-electron chi connectivity index (χ4n) is 1.36. The van der Waals surface area contributed by atoms with Crippen LogP contribution in [0.25, 0.3) is 0 Å². The molecule has 6 heteroatoms. The zero-order valence-corrected chi connectivity index (χ0v) is 12.9. The SMILES string of the molecule is CC(C)(C)c1cnc(CSC(C)(C)[C@@H](N)C(=O)O)o1. The standard InChI is InChI=1S/C13H22N2O3S/c1-12(2,3)8-6-15-9(18-8)7-19-13(4,5)10(14)11(16)17/h6,10H,7,14H2,1-5H3,(H,16,17)/t10-/m0/s1. The number of oxazole rings is 1. The maximum atomic E-state index is 10.9. The third-order valence-electron chi connectivity index (χ3n) is 2.88. The van der Waals surface area contributed by atoms with Gasteiger partial charge in [-0.3, -0.25) is 4.79 Å². The molecule has 0 saturated heterocycles. The molecule has 0 aliphatic heterocycles. The van der Waals surface area contributed by atoms with E-state index in [4.69, 9.17) is 15.3 Å². The molecule has 108 valence electrons. The molecule has 0 fully saturated rings. The zero-order valence-electron chi connectivity index (χ0n) is 12.1. The Bertz CT molecular complexity index is 449. The van der Waals surface area contributed by atoms with Crippen molar-refractivity contribution in [1.82, 2.24) is 4.98 Å². The van der Waals surface area contributed by atoms with Crippen LogP contribution in [0.15, 0.2) is 10.6 Å². The molecule has 0 saturated carbocycles. The lowest BCUT2D eigenvalue weighted by atomic mass is 9.94. The minimum atomic E-state index is -1.000. The number of nitrogens with zero attached hydrogens (tertiary/aromatic N) is 1. The van der Waals surface area contributed by atoms with E-state index in [0.29, 0.717) is 11.6 Å². The number of hydrogen-bond acceptors (Lipinski definition) is 5. The molecule has 0 aromatic carbocycles. The van der Waals surface area contributed by atoms with Crippen LogP contribution >= 0.6 is 11.8 Å². The first kappa shape index (κ1) is 16.0. The Labute approximate surface area is 118 Å². The second kappa shape index (κ2) is 5.54. The average Bonchev–Trinajstić information content (AvgIpc) is 2.73. The quantitative estimate of drug-likeness (QED) is 0.864. The molecular formula is C13H22N2O3S. The van der Waals surface area contributed by atoms with E-state index in [1.54, 1.807) is 6.20 Å². The van der Waals surface area contributed by atoms with Gasteiger partial charge in [-0.1, -0.05) is 20.8 Å². The summed E-state index contributed by atoms with van der Waals surface area (Å²) >= 11 is 1.43. The molecule has 0 aliphatic carbocycles. The highest BCUT2D eigenvalue weighted by atomic mass is 32.2. The van der Waals surface area contributed by atoms with E-state index in [-0.39, 0.29) is 5.41 Å². The second-order valence-corrected chi connectivity index (χ2v) is 7.71. The van der Waals surface area contributed by atoms with Gasteiger partial charge in [0, 0.05) is 10.2 Å². The van der Waals surface area contributed by atoms with Crippen molar-refractivity contribution >= 4 is 17.7 Å². The molecule has 1 atom stereocenters. The number of aromatic nitrogens is 1. The van der Waals surface area contributed by atoms with Gasteiger partial charge in [0.1, 0.15) is 11.8 Å². The van der Waals surface area contributed by atoms with Crippen molar-refractivity contribution in [3.05, 3.63) is 17.8 Å². The lowest BCUT2D eigenvalue weighted by molar-refractivity contribution is -0.139. The van der Waals surface area contributed by atoms with E-state index in [0.717, 1.165) is 5.76 Å². The number of carbonyl (C=O) groups is 1. The lowest BCUT2D eigenvalue weighted by Crippen LogP contribution is -2.46. The summed E-state index contributed by atoms with van der Waals surface area (Å²) in [5.41, 5.74) is 5.58. The highest BCUT2D eigenvalue weighted by Crippen LogP contribution is 2.31. The van der Waals surface area contributed by atoms with Crippen LogP contribution < -0.4 is 5.73 Å². The molecule has 19 heavy (non-hydrogen) atoms. The summed E-state index contributed by atoms with van der Waals surface area (Å²) in [6.07, 6.45) is 1.72. The van der Waals surface area contributed by atoms with Gasteiger partial charge in [0.25, 0.3) is 0 Å². The number of hydrogen-bond donors (Lipinski definition) is 2. The van der Waals surface area contributed by atoms with Crippen molar-refractivity contribution in [2.45, 2.75) is 56.6 Å². The second-order valence-electron chi connectivity index (χ2n) is 6.08. The Morgan fingerprint density at radius 1 is 1.47 bits per heavy atom. The van der Waals surface area contributed by atoms with Crippen LogP contribution in [0.5, 0.6) is 0 Å². The van der Waals surface area contributed by atoms with Crippen LogP contribution in [-0.2, 0) is 16.0 Å². The van der Waals surface area contributed by atoms with Crippen LogP contribution in [0.4, 0.5) is 0 Å². The van der Waals surface area contributed by atoms with Crippen molar-refractivity contribution < 1.29 is 14.3 Å². The Hall–Kier alpha value is -1.01. The van der Waals surface area contributed by atoms with Gasteiger partial charge in [0.15, 0.2) is 0 Å². The fraction of sp³-hybridized carbons (Fsp3) is 0.692. The number of thioether (sulfide) groups is 1. The highest BCUT2D eigenvalue weighted by molar-refractivity contribution is 7.99. The summed E-state index contributed by atoms with van der Waals surface area (Å²) in [5.74, 6) is 0.925. The van der Waals surface area contributed by atoms with Gasteiger partial charge in [-0.05, 0) is 13.8 Å². The summed E-state index contributed by atoms with van der Waals surface area (Å²) in [5, 5.41) is 8.95. The van der Waals surface area contributed by atoms with Gasteiger partial charge in [-0.25, -0.2) is 4.98 Å². The van der Waals surface area contributed by atoms with Crippen molar-refractivity contribution in [2.75, 3.05) is 0 Å². The predicted octanol–water partition coefficient (Wildman–Crippen LogP) is 2.40. The molecule has 3 N–H and O–H groups in total. The normalized spacial score (nSPS) is 14.4. The fourth-order valence-corrected chi connectivity index (χ4v) is 2.27. The molecule has 0 bridgehead atoms. The molecule has 0 amide bonds. The van der Waals surface area contributed by atoms with Crippen molar-refractivity contribution in [3.8, 4) is 0 Å². The van der Waals surface area contributed by atoms with Crippen LogP contribution in [0.1, 0.15) is 46.3 Å². The first-order valence-corrected chi connectivity index (χ1v) is 7.10. The van der Waals surface area contributed by atoms with Crippen molar-refractivity contribution in [3.63, 3.8) is 0 Å². The highest BCUT2D eigenvalue weighted by Gasteiger charge is 2.33. The molecule has 5 nitrogen and oxygen atoms in total. The maximum Gasteiger partial charge on any atom is 0.321 e. The largest absolute Gasteiger partial charge is 0.480 e. The van der Waals surface area contributed by atoms with Crippen LogP contribution in [0.3, 0.4) is 0 Å². The Kier molecular flexibility index (Phi) is 4.68. The molecule has 1 rings (SSSR count). The smallest absolute Gasteiger partial charge is 0.321 e. The molecule has 0 spiro atoms. The number of aliphatic carboxylic acids is 1. The van der Waals surface area contributed by atoms with Gasteiger partial charge in [-0.15, -0.1) is 11.8 Å². The first-order chi connectivity index (χ1) is 8.54. The summed E-state index contributed by atoms with van der Waals surface area (Å²) in [6.45, 7) is 9.77. The van der Waals surface area contributed by atoms with Crippen LogP contribution in [0, 0.1) is 0 Å². The number of carboxylic acids is 1. The summed E-state index contributed by atoms with van der Waals surface area (Å²) < 4.78 is 5.08. The molecule has 0 aliphatic rings. The van der Waals surface area contributed by atoms with Gasteiger partial charge >= 0.3 is 5.97 Å². The van der Waals surface area contributed by atoms with Gasteiger partial charge in [-0.2, -0.15) is 0 Å². The van der Waals surface area contributed by atoms with E-state index in [9.17, 15) is 4.79 Å². The van der Waals surface area contributed by atoms with E-state index < -0.39 is 16.8 Å². The topological polar surface area (TPSA) is 89.3 Å². The Morgan fingerprint density at radius 3 is 2.47 bits per heavy atom. The zero-order chi connectivity index (χ0) is 14.8. The Balaban J connectivity index is 2.67. The van der Waals surface area contributed by atoms with Crippen LogP contribution in [-0.4, -0.2) is 26.8 Å². The summed E-state index contributed by atoms with van der Waals surface area (Å²) in [6, 6.07) is -0.922. The molecular weight excluding hydrogens is 264 g/mol. The summed E-state index contributed by atoms with van der Waals surface area (Å²) in [7, 11) is 0. The minimum absolute atomic E-state index is 0.0805. The number of rotatable bonds is 5. The Morgan fingerprint density at radius 2 is 2.05 bits per heavy atom. The molecule has 0 radical (unpaired) electrons. The van der Waals surface area contributed by atoms with E-state index in [1.165, 1.54) is 11.8 Å². The van der Waals surface area contributed by atoms with Crippen LogP contribution in [0.2, 0.25) is 0 Å². The van der Waals surface area contributed by atoms with Crippen molar-refractivity contribution in [2.24, 2.45) is 5.73 Å². The van der Waals surface area contributed by atoms with Gasteiger partial charge in [0.05, 0.1) is 11.9 Å². The van der Waals surface area contributed by atoms with E-state index >= 15 is 0 Å². The maximum absolute atomic E-state index is 10.9. The molecule has 0 unspecified atom stereocenters. The van der Waals surface area contributed by atoms with Gasteiger partial charge < -0.3 is 15.3 Å². The van der Waals surface area contributed by atoms with Crippen molar-refractivity contribution in [1.29, 1.82) is 0 Å². The third-order valence-corrected chi connectivity index (χ3v) is 4.26. The average molecular weight is 286 g/mol. The number of carboxylic acid groups (broad SMARTS) is 1.